The first-order valence-corrected chi connectivity index (χ1v) is 20.1. The Morgan fingerprint density at radius 2 is 0.836 bits per heavy atom. The first-order chi connectivity index (χ1) is 27.3. The highest BCUT2D eigenvalue weighted by Gasteiger charge is 2.33. The highest BCUT2D eigenvalue weighted by Crippen LogP contribution is 2.59. The second-order valence-electron chi connectivity index (χ2n) is 14.0. The molecule has 4 nitrogen and oxygen atoms in total. The van der Waals surface area contributed by atoms with E-state index in [2.05, 4.69) is 183 Å². The fourth-order valence-corrected chi connectivity index (χ4v) is 10.9. The minimum atomic E-state index is 1.05. The van der Waals surface area contributed by atoms with Crippen molar-refractivity contribution in [2.45, 2.75) is 19.6 Å². The Bertz CT molecular complexity index is 3090. The molecule has 8 aromatic carbocycles. The molecule has 258 valence electrons. The van der Waals surface area contributed by atoms with Crippen LogP contribution >= 0.6 is 23.5 Å². The number of anilines is 6. The largest absolute Gasteiger partial charge is 0.308 e. The van der Waals surface area contributed by atoms with E-state index < -0.39 is 0 Å². The number of nitrogens with zero attached hydrogens (tertiary/aromatic N) is 4. The molecule has 0 radical (unpaired) electrons. The van der Waals surface area contributed by atoms with Gasteiger partial charge in [-0.15, -0.1) is 0 Å². The molecule has 0 fully saturated rings. The van der Waals surface area contributed by atoms with E-state index in [1.54, 1.807) is 0 Å². The van der Waals surface area contributed by atoms with Crippen LogP contribution in [0.2, 0.25) is 0 Å². The lowest BCUT2D eigenvalue weighted by atomic mass is 9.95. The number of rotatable bonds is 3. The summed E-state index contributed by atoms with van der Waals surface area (Å²) in [4.78, 5) is 14.5. The van der Waals surface area contributed by atoms with Gasteiger partial charge in [-0.2, -0.15) is 0 Å². The van der Waals surface area contributed by atoms with E-state index in [0.717, 1.165) is 16.9 Å². The number of aromatic nitrogens is 2. The Labute approximate surface area is 326 Å². The zero-order chi connectivity index (χ0) is 36.0. The van der Waals surface area contributed by atoms with Gasteiger partial charge in [-0.1, -0.05) is 127 Å². The molecule has 0 bridgehead atoms. The Kier molecular flexibility index (Phi) is 6.76. The molecule has 2 aliphatic rings. The van der Waals surface area contributed by atoms with Crippen LogP contribution in [0.3, 0.4) is 0 Å². The van der Waals surface area contributed by atoms with Crippen LogP contribution in [0.15, 0.2) is 202 Å². The van der Waals surface area contributed by atoms with Gasteiger partial charge < -0.3 is 14.4 Å². The lowest BCUT2D eigenvalue weighted by Gasteiger charge is -2.37. The summed E-state index contributed by atoms with van der Waals surface area (Å²) in [5.74, 6) is 0. The van der Waals surface area contributed by atoms with Crippen molar-refractivity contribution in [2.24, 2.45) is 0 Å². The molecule has 0 unspecified atom stereocenters. The van der Waals surface area contributed by atoms with Gasteiger partial charge in [0.15, 0.2) is 0 Å². The highest BCUT2D eigenvalue weighted by molar-refractivity contribution is 8.00. The van der Waals surface area contributed by atoms with Crippen LogP contribution in [0.5, 0.6) is 0 Å². The van der Waals surface area contributed by atoms with Gasteiger partial charge in [0.2, 0.25) is 0 Å². The molecule has 0 amide bonds. The molecule has 0 saturated heterocycles. The molecule has 55 heavy (non-hydrogen) atoms. The molecule has 4 heterocycles. The van der Waals surface area contributed by atoms with Gasteiger partial charge in [0.05, 0.1) is 57.0 Å². The van der Waals surface area contributed by atoms with E-state index in [0.29, 0.717) is 0 Å². The van der Waals surface area contributed by atoms with Crippen LogP contribution in [-0.4, -0.2) is 9.55 Å². The number of hydrogen-bond donors (Lipinski definition) is 0. The zero-order valence-electron chi connectivity index (χ0n) is 29.4. The van der Waals surface area contributed by atoms with Gasteiger partial charge in [-0.3, -0.25) is 4.98 Å². The molecule has 2 aromatic heterocycles. The summed E-state index contributed by atoms with van der Waals surface area (Å²) >= 11 is 3.70. The number of pyridine rings is 1. The summed E-state index contributed by atoms with van der Waals surface area (Å²) in [5.41, 5.74) is 10.5. The summed E-state index contributed by atoms with van der Waals surface area (Å²) in [6.07, 6.45) is 3.80. The fourth-order valence-electron chi connectivity index (χ4n) is 8.73. The third-order valence-electron chi connectivity index (χ3n) is 11.0. The molecular formula is C49H30N4S2. The van der Waals surface area contributed by atoms with Gasteiger partial charge in [0.1, 0.15) is 0 Å². The standard InChI is InChI=1S/C49H30N4S2/c1-3-18-35-33(16-1)48(52-39-21-7-10-24-44(39)54-45-25-11-8-22-40(45)52)34-17-2-4-19-36(34)49(35)53-41-23-9-12-26-46(41)55-47-28-37-32-15-5-6-20-38(32)51(42(37)29-43(47)53)31-14-13-27-50-30-31/h1-30H. The minimum absolute atomic E-state index is 1.05. The number of benzene rings is 8. The molecule has 12 rings (SSSR count). The van der Waals surface area contributed by atoms with Gasteiger partial charge in [0, 0.05) is 58.1 Å². The number of hydrogen-bond acceptors (Lipinski definition) is 5. The first kappa shape index (κ1) is 30.9. The SMILES string of the molecule is c1cncc(-n2c3ccccc3c3cc4c(cc32)N(c2c3ccccc3c(N3c5ccccc5Sc5ccccc53)c3ccccc23)c2ccccc2S4)c1. The van der Waals surface area contributed by atoms with E-state index >= 15 is 0 Å². The van der Waals surface area contributed by atoms with Crippen molar-refractivity contribution in [1.29, 1.82) is 0 Å². The second kappa shape index (κ2) is 12.0. The maximum Gasteiger partial charge on any atom is 0.0645 e. The Morgan fingerprint density at radius 1 is 0.364 bits per heavy atom. The van der Waals surface area contributed by atoms with Crippen LogP contribution in [-0.2, 0) is 0 Å². The van der Waals surface area contributed by atoms with Gasteiger partial charge in [-0.25, -0.2) is 0 Å². The van der Waals surface area contributed by atoms with Crippen LogP contribution < -0.4 is 9.80 Å². The Balaban J connectivity index is 1.20. The molecule has 0 aliphatic carbocycles. The summed E-state index contributed by atoms with van der Waals surface area (Å²) in [5, 5.41) is 7.27. The van der Waals surface area contributed by atoms with Gasteiger partial charge >= 0.3 is 0 Å². The van der Waals surface area contributed by atoms with Crippen molar-refractivity contribution in [1.82, 2.24) is 9.55 Å². The number of para-hydroxylation sites is 4. The normalized spacial score (nSPS) is 13.2. The van der Waals surface area contributed by atoms with Crippen molar-refractivity contribution in [3.63, 3.8) is 0 Å². The monoisotopic (exact) mass is 738 g/mol. The predicted molar refractivity (Wildman–Crippen MR) is 231 cm³/mol. The molecule has 0 spiro atoms. The van der Waals surface area contributed by atoms with Crippen LogP contribution in [0, 0.1) is 0 Å². The van der Waals surface area contributed by atoms with E-state index in [1.807, 2.05) is 42.0 Å². The lowest BCUT2D eigenvalue weighted by molar-refractivity contribution is 1.13. The van der Waals surface area contributed by atoms with E-state index in [4.69, 9.17) is 0 Å². The van der Waals surface area contributed by atoms with E-state index in [1.165, 1.54) is 85.9 Å². The van der Waals surface area contributed by atoms with Crippen LogP contribution in [0.1, 0.15) is 0 Å². The van der Waals surface area contributed by atoms with E-state index in [9.17, 15) is 0 Å². The summed E-state index contributed by atoms with van der Waals surface area (Å²) < 4.78 is 2.36. The third-order valence-corrected chi connectivity index (χ3v) is 13.2. The molecular weight excluding hydrogens is 709 g/mol. The molecule has 2 aliphatic heterocycles. The topological polar surface area (TPSA) is 24.3 Å². The van der Waals surface area contributed by atoms with Crippen LogP contribution in [0.4, 0.5) is 34.1 Å². The van der Waals surface area contributed by atoms with Crippen molar-refractivity contribution in [3.05, 3.63) is 182 Å². The lowest BCUT2D eigenvalue weighted by Crippen LogP contribution is -2.18. The van der Waals surface area contributed by atoms with Crippen LogP contribution in [0.25, 0.3) is 49.0 Å². The molecule has 6 heteroatoms. The van der Waals surface area contributed by atoms with Gasteiger partial charge in [0.25, 0.3) is 0 Å². The van der Waals surface area contributed by atoms with Gasteiger partial charge in [-0.05, 0) is 66.7 Å². The van der Waals surface area contributed by atoms with Crippen molar-refractivity contribution in [3.8, 4) is 5.69 Å². The highest BCUT2D eigenvalue weighted by atomic mass is 32.2. The maximum atomic E-state index is 4.54. The molecule has 0 saturated carbocycles. The average molecular weight is 739 g/mol. The quantitative estimate of drug-likeness (QED) is 0.168. The average Bonchev–Trinajstić information content (AvgIpc) is 3.57. The molecule has 0 N–H and O–H groups in total. The fraction of sp³-hybridized carbons (Fsp3) is 0. The molecule has 10 aromatic rings. The Morgan fingerprint density at radius 3 is 1.38 bits per heavy atom. The van der Waals surface area contributed by atoms with E-state index in [-0.39, 0.29) is 0 Å². The minimum Gasteiger partial charge on any atom is -0.308 e. The Hall–Kier alpha value is -6.47. The zero-order valence-corrected chi connectivity index (χ0v) is 31.1. The number of fused-ring (bicyclic) bond motifs is 9. The summed E-state index contributed by atoms with van der Waals surface area (Å²) in [6.45, 7) is 0. The second-order valence-corrected chi connectivity index (χ2v) is 16.1. The summed E-state index contributed by atoms with van der Waals surface area (Å²) in [7, 11) is 0. The predicted octanol–water partition coefficient (Wildman–Crippen LogP) is 14.4. The van der Waals surface area contributed by atoms with Crippen molar-refractivity contribution < 1.29 is 0 Å². The molecule has 0 atom stereocenters. The first-order valence-electron chi connectivity index (χ1n) is 18.5. The summed E-state index contributed by atoms with van der Waals surface area (Å²) in [6, 6.07) is 62.2. The van der Waals surface area contributed by atoms with Crippen molar-refractivity contribution >= 4 is 101 Å². The third kappa shape index (κ3) is 4.53. The van der Waals surface area contributed by atoms with Crippen molar-refractivity contribution in [2.75, 3.05) is 9.80 Å². The smallest absolute Gasteiger partial charge is 0.0645 e. The maximum absolute atomic E-state index is 4.54.